The lowest BCUT2D eigenvalue weighted by molar-refractivity contribution is -0.141. The Morgan fingerprint density at radius 3 is 2.50 bits per heavy atom. The van der Waals surface area contributed by atoms with Crippen molar-refractivity contribution >= 4 is 40.7 Å². The van der Waals surface area contributed by atoms with Crippen LogP contribution in [0.4, 0.5) is 0 Å². The molecule has 1 aromatic heterocycles. The van der Waals surface area contributed by atoms with Gasteiger partial charge in [-0.2, -0.15) is 0 Å². The van der Waals surface area contributed by atoms with Gasteiger partial charge in [-0.05, 0) is 41.5 Å². The van der Waals surface area contributed by atoms with E-state index in [1.165, 1.54) is 16.2 Å². The molecule has 1 aliphatic heterocycles. The van der Waals surface area contributed by atoms with Crippen LogP contribution in [0.1, 0.15) is 39.7 Å². The van der Waals surface area contributed by atoms with Crippen LogP contribution in [0.2, 0.25) is 5.02 Å². The molecule has 0 radical (unpaired) electrons. The lowest BCUT2D eigenvalue weighted by Gasteiger charge is -2.32. The van der Waals surface area contributed by atoms with Crippen LogP contribution in [0.25, 0.3) is 0 Å². The SMILES string of the molecule is O=C(NCC(=O)N(Cc1ccccc1Cl)[C@H](C(=O)NC[C@H]1CCCO1)c1ccccc1)c1cccs1. The van der Waals surface area contributed by atoms with Crippen LogP contribution in [0.15, 0.2) is 72.1 Å². The zero-order valence-corrected chi connectivity index (χ0v) is 21.3. The molecule has 1 saturated heterocycles. The number of halogens is 1. The smallest absolute Gasteiger partial charge is 0.261 e. The maximum atomic E-state index is 13.6. The van der Waals surface area contributed by atoms with Crippen molar-refractivity contribution in [3.8, 4) is 0 Å². The summed E-state index contributed by atoms with van der Waals surface area (Å²) in [4.78, 5) is 41.6. The van der Waals surface area contributed by atoms with Crippen molar-refractivity contribution in [3.63, 3.8) is 0 Å². The molecule has 7 nitrogen and oxygen atoms in total. The number of hydrogen-bond acceptors (Lipinski definition) is 5. The molecule has 0 aliphatic carbocycles. The highest BCUT2D eigenvalue weighted by Crippen LogP contribution is 2.26. The summed E-state index contributed by atoms with van der Waals surface area (Å²) in [6, 6.07) is 18.9. The van der Waals surface area contributed by atoms with Crippen LogP contribution in [0, 0.1) is 0 Å². The van der Waals surface area contributed by atoms with Gasteiger partial charge in [-0.25, -0.2) is 0 Å². The first-order chi connectivity index (χ1) is 17.5. The summed E-state index contributed by atoms with van der Waals surface area (Å²) in [7, 11) is 0. The number of ether oxygens (including phenoxy) is 1. The molecule has 2 N–H and O–H groups in total. The molecule has 0 unspecified atom stereocenters. The second-order valence-corrected chi connectivity index (χ2v) is 9.82. The van der Waals surface area contributed by atoms with Gasteiger partial charge in [-0.1, -0.05) is 66.2 Å². The van der Waals surface area contributed by atoms with Crippen molar-refractivity contribution < 1.29 is 19.1 Å². The first-order valence-corrected chi connectivity index (χ1v) is 13.1. The minimum Gasteiger partial charge on any atom is -0.376 e. The number of carbonyl (C=O) groups is 3. The minimum atomic E-state index is -0.921. The first kappa shape index (κ1) is 25.9. The average Bonchev–Trinajstić information content (AvgIpc) is 3.62. The topological polar surface area (TPSA) is 87.7 Å². The van der Waals surface area contributed by atoms with E-state index in [2.05, 4.69) is 10.6 Å². The number of amides is 3. The number of carbonyl (C=O) groups excluding carboxylic acids is 3. The third-order valence-electron chi connectivity index (χ3n) is 5.97. The van der Waals surface area contributed by atoms with E-state index in [1.807, 2.05) is 48.5 Å². The predicted octanol–water partition coefficient (Wildman–Crippen LogP) is 4.20. The first-order valence-electron chi connectivity index (χ1n) is 11.8. The molecule has 2 aromatic carbocycles. The Kier molecular flexibility index (Phi) is 9.11. The Morgan fingerprint density at radius 2 is 1.81 bits per heavy atom. The fraction of sp³-hybridized carbons (Fsp3) is 0.296. The summed E-state index contributed by atoms with van der Waals surface area (Å²) in [6.45, 7) is 0.888. The zero-order valence-electron chi connectivity index (χ0n) is 19.7. The van der Waals surface area contributed by atoms with Crippen LogP contribution in [0.3, 0.4) is 0 Å². The quantitative estimate of drug-likeness (QED) is 0.415. The minimum absolute atomic E-state index is 0.0387. The van der Waals surface area contributed by atoms with Crippen LogP contribution in [0.5, 0.6) is 0 Å². The molecule has 2 heterocycles. The maximum absolute atomic E-state index is 13.6. The van der Waals surface area contributed by atoms with Gasteiger partial charge in [0.2, 0.25) is 11.8 Å². The van der Waals surface area contributed by atoms with Gasteiger partial charge in [-0.15, -0.1) is 11.3 Å². The number of rotatable bonds is 10. The van der Waals surface area contributed by atoms with E-state index >= 15 is 0 Å². The molecular formula is C27H28ClN3O4S. The van der Waals surface area contributed by atoms with Gasteiger partial charge in [0, 0.05) is 24.7 Å². The van der Waals surface area contributed by atoms with Gasteiger partial charge in [-0.3, -0.25) is 14.4 Å². The molecule has 2 atom stereocenters. The highest BCUT2D eigenvalue weighted by atomic mass is 35.5. The highest BCUT2D eigenvalue weighted by Gasteiger charge is 2.32. The van der Waals surface area contributed by atoms with Crippen molar-refractivity contribution in [3.05, 3.63) is 93.1 Å². The van der Waals surface area contributed by atoms with E-state index in [1.54, 1.807) is 23.6 Å². The van der Waals surface area contributed by atoms with Crippen LogP contribution < -0.4 is 10.6 Å². The lowest BCUT2D eigenvalue weighted by Crippen LogP contribution is -2.48. The standard InChI is InChI=1S/C27H28ClN3O4S/c28-22-12-5-4-10-20(22)18-31(24(32)17-30-26(33)23-13-7-15-36-23)25(19-8-2-1-3-9-19)27(34)29-16-21-11-6-14-35-21/h1-5,7-10,12-13,15,21,25H,6,11,14,16-18H2,(H,29,34)(H,30,33)/t21-,25+/m1/s1. The molecular weight excluding hydrogens is 498 g/mol. The molecule has 0 spiro atoms. The van der Waals surface area contributed by atoms with Crippen LogP contribution >= 0.6 is 22.9 Å². The molecule has 0 bridgehead atoms. The molecule has 36 heavy (non-hydrogen) atoms. The van der Waals surface area contributed by atoms with Crippen molar-refractivity contribution in [2.24, 2.45) is 0 Å². The molecule has 4 rings (SSSR count). The largest absolute Gasteiger partial charge is 0.376 e. The number of hydrogen-bond donors (Lipinski definition) is 2. The number of benzene rings is 2. The summed E-state index contributed by atoms with van der Waals surface area (Å²) in [5.74, 6) is -1.06. The van der Waals surface area contributed by atoms with Gasteiger partial charge in [0.15, 0.2) is 0 Å². The Labute approximate surface area is 219 Å². The second kappa shape index (κ2) is 12.7. The van der Waals surface area contributed by atoms with Crippen LogP contribution in [-0.4, -0.2) is 48.4 Å². The summed E-state index contributed by atoms with van der Waals surface area (Å²) >= 11 is 7.71. The molecule has 3 aromatic rings. The average molecular weight is 526 g/mol. The molecule has 3 amide bonds. The normalized spacial score (nSPS) is 15.8. The van der Waals surface area contributed by atoms with Crippen LogP contribution in [-0.2, 0) is 20.9 Å². The lowest BCUT2D eigenvalue weighted by atomic mass is 10.0. The number of nitrogens with one attached hydrogen (secondary N) is 2. The molecule has 1 fully saturated rings. The van der Waals surface area contributed by atoms with E-state index in [9.17, 15) is 14.4 Å². The monoisotopic (exact) mass is 525 g/mol. The fourth-order valence-electron chi connectivity index (χ4n) is 4.11. The Hall–Kier alpha value is -3.20. The van der Waals surface area contributed by atoms with E-state index < -0.39 is 11.9 Å². The van der Waals surface area contributed by atoms with E-state index in [0.717, 1.165) is 12.8 Å². The number of thiophene rings is 1. The van der Waals surface area contributed by atoms with Crippen molar-refractivity contribution in [2.45, 2.75) is 31.5 Å². The van der Waals surface area contributed by atoms with Crippen molar-refractivity contribution in [1.29, 1.82) is 0 Å². The number of nitrogens with zero attached hydrogens (tertiary/aromatic N) is 1. The Balaban J connectivity index is 1.60. The zero-order chi connectivity index (χ0) is 25.3. The van der Waals surface area contributed by atoms with Gasteiger partial charge in [0.25, 0.3) is 5.91 Å². The Morgan fingerprint density at radius 1 is 1.03 bits per heavy atom. The third kappa shape index (κ3) is 6.72. The van der Waals surface area contributed by atoms with E-state index in [0.29, 0.717) is 34.2 Å². The molecule has 188 valence electrons. The summed E-state index contributed by atoms with van der Waals surface area (Å²) < 4.78 is 5.65. The second-order valence-electron chi connectivity index (χ2n) is 8.47. The van der Waals surface area contributed by atoms with Gasteiger partial charge in [0.05, 0.1) is 17.5 Å². The van der Waals surface area contributed by atoms with Gasteiger partial charge >= 0.3 is 0 Å². The fourth-order valence-corrected chi connectivity index (χ4v) is 4.95. The van der Waals surface area contributed by atoms with Gasteiger partial charge in [0.1, 0.15) is 6.04 Å². The van der Waals surface area contributed by atoms with Gasteiger partial charge < -0.3 is 20.3 Å². The van der Waals surface area contributed by atoms with E-state index in [-0.39, 0.29) is 31.0 Å². The summed E-state index contributed by atoms with van der Waals surface area (Å²) in [5.41, 5.74) is 1.36. The summed E-state index contributed by atoms with van der Waals surface area (Å²) in [5, 5.41) is 7.94. The Bertz CT molecular complexity index is 1170. The van der Waals surface area contributed by atoms with E-state index in [4.69, 9.17) is 16.3 Å². The predicted molar refractivity (Wildman–Crippen MR) is 140 cm³/mol. The van der Waals surface area contributed by atoms with Crippen molar-refractivity contribution in [2.75, 3.05) is 19.7 Å². The molecule has 0 saturated carbocycles. The van der Waals surface area contributed by atoms with Crippen molar-refractivity contribution in [1.82, 2.24) is 15.5 Å². The molecule has 9 heteroatoms. The molecule has 1 aliphatic rings. The maximum Gasteiger partial charge on any atom is 0.261 e. The highest BCUT2D eigenvalue weighted by molar-refractivity contribution is 7.12. The summed E-state index contributed by atoms with van der Waals surface area (Å²) in [6.07, 6.45) is 1.81. The third-order valence-corrected chi connectivity index (χ3v) is 7.20.